The van der Waals surface area contributed by atoms with Crippen molar-refractivity contribution in [2.45, 2.75) is 64.4 Å². The molecule has 0 bridgehead atoms. The van der Waals surface area contributed by atoms with Crippen LogP contribution in [0.15, 0.2) is 0 Å². The van der Waals surface area contributed by atoms with E-state index >= 15 is 0 Å². The van der Waals surface area contributed by atoms with Crippen LogP contribution >= 0.6 is 22.6 Å². The number of alkyl halides is 1. The Labute approximate surface area is 141 Å². The van der Waals surface area contributed by atoms with Gasteiger partial charge >= 0.3 is 0 Å². The van der Waals surface area contributed by atoms with E-state index in [1.54, 1.807) is 0 Å². The number of nitrogens with zero attached hydrogens (tertiary/aromatic N) is 1. The third-order valence-electron chi connectivity index (χ3n) is 4.28. The first-order chi connectivity index (χ1) is 8.58. The zero-order valence-corrected chi connectivity index (χ0v) is 17.6. The highest BCUT2D eigenvalue weighted by Gasteiger charge is 2.46. The summed E-state index contributed by atoms with van der Waals surface area (Å²) >= 11 is 2.59. The topological polar surface area (TPSA) is 9.23 Å². The largest absolute Gasteiger partial charge is 0.372 e. The molecule has 0 aliphatic heterocycles. The van der Waals surface area contributed by atoms with Gasteiger partial charge in [-0.3, -0.25) is 0 Å². The monoisotopic (exact) mass is 398 g/mol. The smallest absolute Gasteiger partial charge is 0.102 e. The normalized spacial score (nSPS) is 18.8. The minimum absolute atomic E-state index is 0.163. The first-order valence-electron chi connectivity index (χ1n) is 7.69. The van der Waals surface area contributed by atoms with Crippen molar-refractivity contribution in [3.05, 3.63) is 0 Å². The van der Waals surface area contributed by atoms with Crippen LogP contribution in [0.2, 0.25) is 0 Å². The van der Waals surface area contributed by atoms with Gasteiger partial charge in [-0.15, -0.1) is 0 Å². The molecule has 0 N–H and O–H groups in total. The average molecular weight is 398 g/mol. The standard InChI is InChI=1S/C17H37INO/c1-14(20-12-11-19(8,9)10)17(7,16(5,6)18)13-15(2,3)4/h14H,11-13H2,1-10H3/q+1. The van der Waals surface area contributed by atoms with Gasteiger partial charge in [-0.2, -0.15) is 0 Å². The lowest BCUT2D eigenvalue weighted by Gasteiger charge is -2.48. The lowest BCUT2D eigenvalue weighted by Crippen LogP contribution is -2.49. The molecule has 0 saturated heterocycles. The second-order valence-electron chi connectivity index (χ2n) is 9.15. The van der Waals surface area contributed by atoms with E-state index < -0.39 is 0 Å². The summed E-state index contributed by atoms with van der Waals surface area (Å²) < 4.78 is 7.39. The van der Waals surface area contributed by atoms with E-state index in [9.17, 15) is 0 Å². The Morgan fingerprint density at radius 3 is 1.75 bits per heavy atom. The van der Waals surface area contributed by atoms with Crippen LogP contribution in [0.3, 0.4) is 0 Å². The third-order valence-corrected chi connectivity index (χ3v) is 5.52. The van der Waals surface area contributed by atoms with Crippen LogP contribution in [0, 0.1) is 10.8 Å². The molecule has 2 nitrogen and oxygen atoms in total. The molecular weight excluding hydrogens is 361 g/mol. The zero-order valence-electron chi connectivity index (χ0n) is 15.4. The molecule has 0 aliphatic rings. The van der Waals surface area contributed by atoms with E-state index in [2.05, 4.69) is 92.2 Å². The molecule has 0 amide bonds. The maximum Gasteiger partial charge on any atom is 0.102 e. The molecular formula is C17H37INO+. The van der Waals surface area contributed by atoms with Crippen LogP contribution in [0.5, 0.6) is 0 Å². The van der Waals surface area contributed by atoms with Gasteiger partial charge in [0.2, 0.25) is 0 Å². The molecule has 0 rings (SSSR count). The van der Waals surface area contributed by atoms with Crippen molar-refractivity contribution in [3.8, 4) is 0 Å². The summed E-state index contributed by atoms with van der Waals surface area (Å²) in [6.45, 7) is 18.2. The molecule has 0 aromatic carbocycles. The van der Waals surface area contributed by atoms with Gasteiger partial charge in [0.15, 0.2) is 0 Å². The Balaban J connectivity index is 4.88. The van der Waals surface area contributed by atoms with Crippen LogP contribution < -0.4 is 0 Å². The number of hydrogen-bond donors (Lipinski definition) is 0. The Hall–Kier alpha value is 0.650. The van der Waals surface area contributed by atoms with Crippen molar-refractivity contribution in [3.63, 3.8) is 0 Å². The van der Waals surface area contributed by atoms with Gasteiger partial charge < -0.3 is 9.22 Å². The van der Waals surface area contributed by atoms with Crippen molar-refractivity contribution >= 4 is 22.6 Å². The van der Waals surface area contributed by atoms with Gasteiger partial charge in [-0.25, -0.2) is 0 Å². The molecule has 0 aromatic rings. The highest BCUT2D eigenvalue weighted by atomic mass is 127. The average Bonchev–Trinajstić information content (AvgIpc) is 2.10. The molecule has 3 heteroatoms. The number of quaternary nitrogens is 1. The first-order valence-corrected chi connectivity index (χ1v) is 8.77. The van der Waals surface area contributed by atoms with Crippen molar-refractivity contribution in [2.75, 3.05) is 34.3 Å². The maximum absolute atomic E-state index is 6.24. The predicted molar refractivity (Wildman–Crippen MR) is 98.6 cm³/mol. The molecule has 2 unspecified atom stereocenters. The molecule has 0 spiro atoms. The molecule has 0 fully saturated rings. The number of likely N-dealkylation sites (N-methyl/N-ethyl adjacent to an activating group) is 1. The van der Waals surface area contributed by atoms with Crippen molar-refractivity contribution in [1.29, 1.82) is 0 Å². The van der Waals surface area contributed by atoms with Crippen LogP contribution in [0.4, 0.5) is 0 Å². The van der Waals surface area contributed by atoms with Crippen LogP contribution in [-0.2, 0) is 4.74 Å². The fourth-order valence-electron chi connectivity index (χ4n) is 2.63. The van der Waals surface area contributed by atoms with E-state index in [1.165, 1.54) is 6.42 Å². The number of halogens is 1. The molecule has 20 heavy (non-hydrogen) atoms. The Morgan fingerprint density at radius 1 is 1.00 bits per heavy atom. The highest BCUT2D eigenvalue weighted by Crippen LogP contribution is 2.49. The summed E-state index contributed by atoms with van der Waals surface area (Å²) in [6, 6.07) is 0. The van der Waals surface area contributed by atoms with Crippen molar-refractivity contribution in [1.82, 2.24) is 0 Å². The fraction of sp³-hybridized carbons (Fsp3) is 1.00. The van der Waals surface area contributed by atoms with Crippen LogP contribution in [0.1, 0.15) is 54.9 Å². The second-order valence-corrected chi connectivity index (χ2v) is 11.9. The number of ether oxygens (including phenoxy) is 1. The Kier molecular flexibility index (Phi) is 7.04. The minimum Gasteiger partial charge on any atom is -0.372 e. The van der Waals surface area contributed by atoms with E-state index in [0.29, 0.717) is 5.41 Å². The zero-order chi connectivity index (χ0) is 16.4. The SMILES string of the molecule is CC(OCC[N+](C)(C)C)C(C)(CC(C)(C)C)C(C)(C)I. The van der Waals surface area contributed by atoms with E-state index in [-0.39, 0.29) is 14.9 Å². The molecule has 0 heterocycles. The van der Waals surface area contributed by atoms with Crippen LogP contribution in [0.25, 0.3) is 0 Å². The predicted octanol–water partition coefficient (Wildman–Crippen LogP) is 4.75. The van der Waals surface area contributed by atoms with Gasteiger partial charge in [0.05, 0.1) is 33.9 Å². The maximum atomic E-state index is 6.24. The summed E-state index contributed by atoms with van der Waals surface area (Å²) in [4.78, 5) is 0. The fourth-order valence-corrected chi connectivity index (χ4v) is 3.26. The summed E-state index contributed by atoms with van der Waals surface area (Å²) in [7, 11) is 6.64. The van der Waals surface area contributed by atoms with Gasteiger partial charge in [0, 0.05) is 8.84 Å². The van der Waals surface area contributed by atoms with Crippen molar-refractivity contribution < 1.29 is 9.22 Å². The third kappa shape index (κ3) is 7.08. The second kappa shape index (κ2) is 6.82. The number of hydrogen-bond acceptors (Lipinski definition) is 1. The molecule has 2 atom stereocenters. The summed E-state index contributed by atoms with van der Waals surface area (Å²) in [5.41, 5.74) is 0.478. The van der Waals surface area contributed by atoms with E-state index in [1.807, 2.05) is 0 Å². The van der Waals surface area contributed by atoms with Crippen LogP contribution in [-0.4, -0.2) is 48.3 Å². The summed E-state index contributed by atoms with van der Waals surface area (Å²) in [5, 5.41) is 0. The van der Waals surface area contributed by atoms with Crippen molar-refractivity contribution in [2.24, 2.45) is 10.8 Å². The molecule has 0 aliphatic carbocycles. The highest BCUT2D eigenvalue weighted by molar-refractivity contribution is 14.1. The molecule has 0 aromatic heterocycles. The summed E-state index contributed by atoms with van der Waals surface area (Å²) in [6.07, 6.45) is 1.43. The van der Waals surface area contributed by atoms with Gasteiger partial charge in [-0.1, -0.05) is 64.1 Å². The van der Waals surface area contributed by atoms with Gasteiger partial charge in [0.1, 0.15) is 6.54 Å². The summed E-state index contributed by atoms with van der Waals surface area (Å²) in [5.74, 6) is 0. The molecule has 122 valence electrons. The lowest BCUT2D eigenvalue weighted by molar-refractivity contribution is -0.870. The Bertz CT molecular complexity index is 296. The lowest BCUT2D eigenvalue weighted by atomic mass is 9.66. The minimum atomic E-state index is 0.163. The van der Waals surface area contributed by atoms with E-state index in [0.717, 1.165) is 17.6 Å². The quantitative estimate of drug-likeness (QED) is 0.342. The Morgan fingerprint density at radius 2 is 1.45 bits per heavy atom. The number of rotatable bonds is 7. The molecule has 0 radical (unpaired) electrons. The van der Waals surface area contributed by atoms with Gasteiger partial charge in [0.25, 0.3) is 0 Å². The molecule has 0 saturated carbocycles. The first kappa shape index (κ1) is 20.6. The van der Waals surface area contributed by atoms with Gasteiger partial charge in [-0.05, 0) is 18.8 Å². The van der Waals surface area contributed by atoms with E-state index in [4.69, 9.17) is 4.74 Å².